The number of ether oxygens (including phenoxy) is 1. The van der Waals surface area contributed by atoms with Gasteiger partial charge in [0, 0.05) is 19.8 Å². The Balaban J connectivity index is 1.50. The number of unbranched alkanes of at least 4 members (excludes halogenated alkanes) is 2. The molecule has 1 N–H and O–H groups in total. The molecule has 0 radical (unpaired) electrons. The van der Waals surface area contributed by atoms with E-state index in [0.29, 0.717) is 5.92 Å². The number of benzene rings is 1. The minimum Gasteiger partial charge on any atom is -0.381 e. The van der Waals surface area contributed by atoms with Crippen molar-refractivity contribution in [1.82, 2.24) is 5.32 Å². The molecule has 1 amide bonds. The molecule has 1 saturated heterocycles. The van der Waals surface area contributed by atoms with Crippen molar-refractivity contribution in [3.63, 3.8) is 0 Å². The molecule has 3 nitrogen and oxygen atoms in total. The van der Waals surface area contributed by atoms with Crippen LogP contribution in [-0.4, -0.2) is 25.7 Å². The van der Waals surface area contributed by atoms with Gasteiger partial charge in [0.15, 0.2) is 0 Å². The fourth-order valence-corrected chi connectivity index (χ4v) is 2.68. The molecule has 3 heteroatoms. The predicted octanol–water partition coefficient (Wildman–Crippen LogP) is 3.50. The summed E-state index contributed by atoms with van der Waals surface area (Å²) >= 11 is 0. The lowest BCUT2D eigenvalue weighted by molar-refractivity contribution is -0.116. The van der Waals surface area contributed by atoms with E-state index in [4.69, 9.17) is 4.74 Å². The summed E-state index contributed by atoms with van der Waals surface area (Å²) in [7, 11) is 0. The number of rotatable bonds is 8. The van der Waals surface area contributed by atoms with Gasteiger partial charge in [0.25, 0.3) is 0 Å². The minimum absolute atomic E-state index is 0.0366. The fourth-order valence-electron chi connectivity index (χ4n) is 2.68. The van der Waals surface area contributed by atoms with Crippen molar-refractivity contribution in [2.75, 3.05) is 19.8 Å². The number of aryl methyl sites for hydroxylation is 1. The Labute approximate surface area is 133 Å². The number of hydrogen-bond donors (Lipinski definition) is 1. The molecule has 1 aliphatic rings. The number of amides is 1. The molecule has 1 aliphatic heterocycles. The average Bonchev–Trinajstić information content (AvgIpc) is 2.58. The lowest BCUT2D eigenvalue weighted by Gasteiger charge is -2.21. The van der Waals surface area contributed by atoms with Crippen molar-refractivity contribution in [3.8, 4) is 0 Å². The lowest BCUT2D eigenvalue weighted by Crippen LogP contribution is -2.31. The second-order valence-corrected chi connectivity index (χ2v) is 5.93. The summed E-state index contributed by atoms with van der Waals surface area (Å²) in [5.74, 6) is 0.617. The zero-order chi connectivity index (χ0) is 15.5. The van der Waals surface area contributed by atoms with Crippen LogP contribution >= 0.6 is 0 Å². The van der Waals surface area contributed by atoms with Crippen LogP contribution in [0, 0.1) is 5.92 Å². The van der Waals surface area contributed by atoms with Crippen molar-refractivity contribution in [2.45, 2.75) is 38.5 Å². The highest BCUT2D eigenvalue weighted by Crippen LogP contribution is 2.13. The topological polar surface area (TPSA) is 38.3 Å². The number of allylic oxidation sites excluding steroid dienone is 1. The Morgan fingerprint density at radius 1 is 1.18 bits per heavy atom. The van der Waals surface area contributed by atoms with Crippen LogP contribution in [0.1, 0.15) is 37.7 Å². The SMILES string of the molecule is O=C(/C=C/CCCCc1ccccc1)NCC1CCOCC1. The van der Waals surface area contributed by atoms with Gasteiger partial charge in [-0.05, 0) is 56.1 Å². The molecule has 1 aromatic rings. The van der Waals surface area contributed by atoms with Gasteiger partial charge in [-0.25, -0.2) is 0 Å². The first-order chi connectivity index (χ1) is 10.8. The number of carbonyl (C=O) groups excluding carboxylic acids is 1. The van der Waals surface area contributed by atoms with Gasteiger partial charge in [-0.15, -0.1) is 0 Å². The Morgan fingerprint density at radius 3 is 2.73 bits per heavy atom. The van der Waals surface area contributed by atoms with Crippen LogP contribution in [0.15, 0.2) is 42.5 Å². The van der Waals surface area contributed by atoms with Crippen LogP contribution in [0.2, 0.25) is 0 Å². The Kier molecular flexibility index (Phi) is 7.75. The van der Waals surface area contributed by atoms with Gasteiger partial charge in [-0.1, -0.05) is 36.4 Å². The summed E-state index contributed by atoms with van der Waals surface area (Å²) in [6.07, 6.45) is 10.2. The summed E-state index contributed by atoms with van der Waals surface area (Å²) < 4.78 is 5.31. The van der Waals surface area contributed by atoms with Crippen molar-refractivity contribution in [3.05, 3.63) is 48.0 Å². The van der Waals surface area contributed by atoms with E-state index in [-0.39, 0.29) is 5.91 Å². The van der Waals surface area contributed by atoms with Crippen LogP contribution in [0.25, 0.3) is 0 Å². The molecule has 1 heterocycles. The van der Waals surface area contributed by atoms with Crippen molar-refractivity contribution in [2.24, 2.45) is 5.92 Å². The Bertz CT molecular complexity index is 450. The monoisotopic (exact) mass is 301 g/mol. The van der Waals surface area contributed by atoms with Crippen LogP contribution in [0.3, 0.4) is 0 Å². The largest absolute Gasteiger partial charge is 0.381 e. The third-order valence-corrected chi connectivity index (χ3v) is 4.10. The van der Waals surface area contributed by atoms with E-state index in [1.165, 1.54) is 5.56 Å². The fraction of sp³-hybridized carbons (Fsp3) is 0.526. The third-order valence-electron chi connectivity index (χ3n) is 4.10. The summed E-state index contributed by atoms with van der Waals surface area (Å²) in [4.78, 5) is 11.7. The lowest BCUT2D eigenvalue weighted by atomic mass is 10.0. The predicted molar refractivity (Wildman–Crippen MR) is 89.7 cm³/mol. The first kappa shape index (κ1) is 16.8. The molecular formula is C19H27NO2. The highest BCUT2D eigenvalue weighted by Gasteiger charge is 2.13. The van der Waals surface area contributed by atoms with Crippen LogP contribution < -0.4 is 5.32 Å². The molecule has 0 bridgehead atoms. The summed E-state index contributed by atoms with van der Waals surface area (Å²) in [5, 5.41) is 2.99. The van der Waals surface area contributed by atoms with Gasteiger partial charge in [0.2, 0.25) is 5.91 Å². The third kappa shape index (κ3) is 6.90. The van der Waals surface area contributed by atoms with E-state index in [0.717, 1.165) is 58.3 Å². The molecule has 120 valence electrons. The molecule has 2 rings (SSSR count). The molecule has 1 fully saturated rings. The molecule has 0 unspecified atom stereocenters. The molecule has 0 atom stereocenters. The first-order valence-corrected chi connectivity index (χ1v) is 8.40. The van der Waals surface area contributed by atoms with Crippen LogP contribution in [0.5, 0.6) is 0 Å². The van der Waals surface area contributed by atoms with E-state index in [9.17, 15) is 4.79 Å². The maximum atomic E-state index is 11.7. The van der Waals surface area contributed by atoms with Crippen molar-refractivity contribution >= 4 is 5.91 Å². The quantitative estimate of drug-likeness (QED) is 0.589. The van der Waals surface area contributed by atoms with E-state index in [1.54, 1.807) is 6.08 Å². The van der Waals surface area contributed by atoms with Gasteiger partial charge in [-0.3, -0.25) is 4.79 Å². The van der Waals surface area contributed by atoms with Crippen molar-refractivity contribution in [1.29, 1.82) is 0 Å². The molecule has 0 aliphatic carbocycles. The first-order valence-electron chi connectivity index (χ1n) is 8.40. The Hall–Kier alpha value is -1.61. The molecule has 0 spiro atoms. The Morgan fingerprint density at radius 2 is 1.95 bits per heavy atom. The van der Waals surface area contributed by atoms with Crippen molar-refractivity contribution < 1.29 is 9.53 Å². The smallest absolute Gasteiger partial charge is 0.243 e. The zero-order valence-corrected chi connectivity index (χ0v) is 13.3. The van der Waals surface area contributed by atoms with E-state index in [1.807, 2.05) is 12.1 Å². The van der Waals surface area contributed by atoms with E-state index >= 15 is 0 Å². The maximum Gasteiger partial charge on any atom is 0.243 e. The highest BCUT2D eigenvalue weighted by molar-refractivity contribution is 5.87. The van der Waals surface area contributed by atoms with E-state index in [2.05, 4.69) is 29.6 Å². The van der Waals surface area contributed by atoms with Gasteiger partial charge in [0.1, 0.15) is 0 Å². The van der Waals surface area contributed by atoms with Gasteiger partial charge >= 0.3 is 0 Å². The zero-order valence-electron chi connectivity index (χ0n) is 13.3. The normalized spacial score (nSPS) is 16.0. The van der Waals surface area contributed by atoms with Gasteiger partial charge in [0.05, 0.1) is 0 Å². The second-order valence-electron chi connectivity index (χ2n) is 5.93. The summed E-state index contributed by atoms with van der Waals surface area (Å²) in [6.45, 7) is 2.44. The molecule has 0 saturated carbocycles. The van der Waals surface area contributed by atoms with Gasteiger partial charge in [-0.2, -0.15) is 0 Å². The highest BCUT2D eigenvalue weighted by atomic mass is 16.5. The molecule has 1 aromatic carbocycles. The second kappa shape index (κ2) is 10.2. The standard InChI is InChI=1S/C19H27NO2/c21-19(20-16-18-12-14-22-15-13-18)11-7-2-1-4-8-17-9-5-3-6-10-17/h3,5-7,9-11,18H,1-2,4,8,12-16H2,(H,20,21)/b11-7+. The number of hydrogen-bond acceptors (Lipinski definition) is 2. The maximum absolute atomic E-state index is 11.7. The average molecular weight is 301 g/mol. The van der Waals surface area contributed by atoms with E-state index < -0.39 is 0 Å². The van der Waals surface area contributed by atoms with Crippen LogP contribution in [-0.2, 0) is 16.0 Å². The number of carbonyl (C=O) groups is 1. The number of nitrogens with one attached hydrogen (secondary N) is 1. The summed E-state index contributed by atoms with van der Waals surface area (Å²) in [5.41, 5.74) is 1.39. The minimum atomic E-state index is 0.0366. The molecule has 22 heavy (non-hydrogen) atoms. The molecule has 0 aromatic heterocycles. The summed E-state index contributed by atoms with van der Waals surface area (Å²) in [6, 6.07) is 10.5. The van der Waals surface area contributed by atoms with Crippen LogP contribution in [0.4, 0.5) is 0 Å². The molecular weight excluding hydrogens is 274 g/mol. The van der Waals surface area contributed by atoms with Gasteiger partial charge < -0.3 is 10.1 Å².